The van der Waals surface area contributed by atoms with Crippen molar-refractivity contribution in [2.75, 3.05) is 6.61 Å². The molecule has 1 aromatic carbocycles. The average molecular weight is 291 g/mol. The minimum atomic E-state index is -0.503. The summed E-state index contributed by atoms with van der Waals surface area (Å²) < 4.78 is 1.09. The van der Waals surface area contributed by atoms with Crippen LogP contribution < -0.4 is 16.6 Å². The Labute approximate surface area is 120 Å². The Morgan fingerprint density at radius 3 is 2.76 bits per heavy atom. The Hall–Kier alpha value is -2.41. The molecule has 0 bridgehead atoms. The minimum Gasteiger partial charge on any atom is -0.394 e. The summed E-state index contributed by atoms with van der Waals surface area (Å²) in [4.78, 5) is 38.4. The molecule has 1 unspecified atom stereocenters. The van der Waals surface area contributed by atoms with Crippen molar-refractivity contribution in [2.45, 2.75) is 26.4 Å². The molecule has 1 amide bonds. The van der Waals surface area contributed by atoms with E-state index in [1.807, 2.05) is 0 Å². The molecule has 1 aromatic heterocycles. The van der Waals surface area contributed by atoms with Gasteiger partial charge in [-0.1, -0.05) is 0 Å². The average Bonchev–Trinajstić information content (AvgIpc) is 2.46. The predicted molar refractivity (Wildman–Crippen MR) is 78.5 cm³/mol. The highest BCUT2D eigenvalue weighted by atomic mass is 16.3. The summed E-state index contributed by atoms with van der Waals surface area (Å²) >= 11 is 0. The highest BCUT2D eigenvalue weighted by Gasteiger charge is 2.12. The summed E-state index contributed by atoms with van der Waals surface area (Å²) in [5.41, 5.74) is -0.255. The lowest BCUT2D eigenvalue weighted by molar-refractivity contribution is 0.0922. The molecule has 0 aliphatic rings. The number of amides is 1. The van der Waals surface area contributed by atoms with E-state index in [1.165, 1.54) is 18.2 Å². The molecule has 0 saturated heterocycles. The van der Waals surface area contributed by atoms with Crippen LogP contribution in [0.3, 0.4) is 0 Å². The monoisotopic (exact) mass is 291 g/mol. The van der Waals surface area contributed by atoms with E-state index in [2.05, 4.69) is 10.3 Å². The number of rotatable bonds is 4. The lowest BCUT2D eigenvalue weighted by atomic mass is 10.1. The summed E-state index contributed by atoms with van der Waals surface area (Å²) in [6, 6.07) is 4.11. The highest BCUT2D eigenvalue weighted by molar-refractivity contribution is 5.97. The second-order valence-electron chi connectivity index (χ2n) is 4.80. The molecule has 0 aliphatic carbocycles. The van der Waals surface area contributed by atoms with Gasteiger partial charge in [0.05, 0.1) is 17.5 Å². The molecular weight excluding hydrogens is 274 g/mol. The van der Waals surface area contributed by atoms with Crippen molar-refractivity contribution in [2.24, 2.45) is 0 Å². The molecule has 7 heteroatoms. The van der Waals surface area contributed by atoms with Crippen LogP contribution >= 0.6 is 0 Å². The number of fused-ring (bicyclic) bond motifs is 1. The first kappa shape index (κ1) is 15.0. The number of aromatic amines is 1. The SMILES string of the molecule is CCn1c(=O)[nH]c2cc(C(=O)NC(C)CO)ccc2c1=O. The standard InChI is InChI=1S/C14H17N3O4/c1-3-17-13(20)10-5-4-9(6-11(10)16-14(17)21)12(19)15-8(2)7-18/h4-6,8,18H,3,7H2,1-2H3,(H,15,19)(H,16,21). The van der Waals surface area contributed by atoms with E-state index < -0.39 is 5.69 Å². The Bertz CT molecular complexity index is 791. The quantitative estimate of drug-likeness (QED) is 0.727. The Morgan fingerprint density at radius 1 is 1.43 bits per heavy atom. The lowest BCUT2D eigenvalue weighted by Gasteiger charge is -2.11. The number of nitrogens with one attached hydrogen (secondary N) is 2. The molecule has 0 spiro atoms. The van der Waals surface area contributed by atoms with Gasteiger partial charge < -0.3 is 15.4 Å². The van der Waals surface area contributed by atoms with Crippen molar-refractivity contribution in [3.8, 4) is 0 Å². The number of aliphatic hydroxyl groups excluding tert-OH is 1. The fraction of sp³-hybridized carbons (Fsp3) is 0.357. The van der Waals surface area contributed by atoms with Gasteiger partial charge >= 0.3 is 5.69 Å². The summed E-state index contributed by atoms with van der Waals surface area (Å²) in [6.45, 7) is 3.49. The lowest BCUT2D eigenvalue weighted by Crippen LogP contribution is -2.36. The molecule has 0 fully saturated rings. The molecular formula is C14H17N3O4. The topological polar surface area (TPSA) is 104 Å². The number of hydrogen-bond acceptors (Lipinski definition) is 4. The number of H-pyrrole nitrogens is 1. The third-order valence-electron chi connectivity index (χ3n) is 3.21. The molecule has 2 rings (SSSR count). The van der Waals surface area contributed by atoms with Crippen molar-refractivity contribution in [3.05, 3.63) is 44.6 Å². The van der Waals surface area contributed by atoms with Gasteiger partial charge in [-0.2, -0.15) is 0 Å². The molecule has 0 radical (unpaired) electrons. The van der Waals surface area contributed by atoms with Gasteiger partial charge in [0.2, 0.25) is 0 Å². The van der Waals surface area contributed by atoms with Crippen LogP contribution in [0.4, 0.5) is 0 Å². The Kier molecular flexibility index (Phi) is 4.23. The predicted octanol–water partition coefficient (Wildman–Crippen LogP) is -0.180. The zero-order valence-electron chi connectivity index (χ0n) is 11.8. The van der Waals surface area contributed by atoms with Gasteiger partial charge in [0, 0.05) is 18.2 Å². The van der Waals surface area contributed by atoms with Crippen LogP contribution in [0, 0.1) is 0 Å². The normalized spacial score (nSPS) is 12.3. The van der Waals surface area contributed by atoms with Crippen molar-refractivity contribution in [3.63, 3.8) is 0 Å². The summed E-state index contributed by atoms with van der Waals surface area (Å²) in [6.07, 6.45) is 0. The molecule has 1 atom stereocenters. The summed E-state index contributed by atoms with van der Waals surface area (Å²) in [7, 11) is 0. The zero-order chi connectivity index (χ0) is 15.6. The van der Waals surface area contributed by atoms with E-state index in [9.17, 15) is 14.4 Å². The van der Waals surface area contributed by atoms with Gasteiger partial charge in [-0.3, -0.25) is 14.2 Å². The molecule has 7 nitrogen and oxygen atoms in total. The van der Waals surface area contributed by atoms with Crippen LogP contribution in [0.5, 0.6) is 0 Å². The largest absolute Gasteiger partial charge is 0.394 e. The molecule has 2 aromatic rings. The van der Waals surface area contributed by atoms with Gasteiger partial charge in [-0.05, 0) is 32.0 Å². The summed E-state index contributed by atoms with van der Waals surface area (Å²) in [5.74, 6) is -0.376. The molecule has 21 heavy (non-hydrogen) atoms. The van der Waals surface area contributed by atoms with Crippen LogP contribution in [-0.4, -0.2) is 33.2 Å². The maximum Gasteiger partial charge on any atom is 0.328 e. The maximum absolute atomic E-state index is 12.1. The number of aliphatic hydroxyl groups is 1. The third kappa shape index (κ3) is 2.87. The van der Waals surface area contributed by atoms with Gasteiger partial charge in [-0.25, -0.2) is 4.79 Å². The molecule has 112 valence electrons. The number of nitrogens with zero attached hydrogens (tertiary/aromatic N) is 1. The number of hydrogen-bond donors (Lipinski definition) is 3. The van der Waals surface area contributed by atoms with E-state index >= 15 is 0 Å². The van der Waals surface area contributed by atoms with Crippen LogP contribution in [-0.2, 0) is 6.54 Å². The van der Waals surface area contributed by atoms with Crippen molar-refractivity contribution in [1.82, 2.24) is 14.9 Å². The number of carbonyl (C=O) groups is 1. The third-order valence-corrected chi connectivity index (χ3v) is 3.21. The minimum absolute atomic E-state index is 0.169. The van der Waals surface area contributed by atoms with E-state index in [0.29, 0.717) is 16.5 Å². The summed E-state index contributed by atoms with van der Waals surface area (Å²) in [5, 5.41) is 11.9. The fourth-order valence-electron chi connectivity index (χ4n) is 2.04. The highest BCUT2D eigenvalue weighted by Crippen LogP contribution is 2.09. The molecule has 0 saturated carbocycles. The zero-order valence-corrected chi connectivity index (χ0v) is 11.8. The van der Waals surface area contributed by atoms with E-state index in [0.717, 1.165) is 4.57 Å². The van der Waals surface area contributed by atoms with Gasteiger partial charge in [0.1, 0.15) is 0 Å². The Morgan fingerprint density at radius 2 is 2.14 bits per heavy atom. The van der Waals surface area contributed by atoms with Crippen molar-refractivity contribution in [1.29, 1.82) is 0 Å². The second kappa shape index (κ2) is 5.92. The van der Waals surface area contributed by atoms with Gasteiger partial charge in [-0.15, -0.1) is 0 Å². The molecule has 1 heterocycles. The number of benzene rings is 1. The molecule has 3 N–H and O–H groups in total. The first-order valence-electron chi connectivity index (χ1n) is 6.66. The van der Waals surface area contributed by atoms with Crippen LogP contribution in [0.2, 0.25) is 0 Å². The van der Waals surface area contributed by atoms with Gasteiger partial charge in [0.15, 0.2) is 0 Å². The van der Waals surface area contributed by atoms with Crippen molar-refractivity contribution >= 4 is 16.8 Å². The first-order chi connectivity index (χ1) is 9.97. The smallest absolute Gasteiger partial charge is 0.328 e. The second-order valence-corrected chi connectivity index (χ2v) is 4.80. The molecule has 0 aliphatic heterocycles. The number of aromatic nitrogens is 2. The van der Waals surface area contributed by atoms with Crippen molar-refractivity contribution < 1.29 is 9.90 Å². The van der Waals surface area contributed by atoms with E-state index in [4.69, 9.17) is 5.11 Å². The number of carbonyl (C=O) groups excluding carboxylic acids is 1. The van der Waals surface area contributed by atoms with E-state index in [-0.39, 0.29) is 30.7 Å². The fourth-order valence-corrected chi connectivity index (χ4v) is 2.04. The Balaban J connectivity index is 2.50. The van der Waals surface area contributed by atoms with Crippen LogP contribution in [0.15, 0.2) is 27.8 Å². The maximum atomic E-state index is 12.1. The van der Waals surface area contributed by atoms with Gasteiger partial charge in [0.25, 0.3) is 11.5 Å². The van der Waals surface area contributed by atoms with Crippen LogP contribution in [0.25, 0.3) is 10.9 Å². The first-order valence-corrected chi connectivity index (χ1v) is 6.66. The van der Waals surface area contributed by atoms with Crippen LogP contribution in [0.1, 0.15) is 24.2 Å². The van der Waals surface area contributed by atoms with E-state index in [1.54, 1.807) is 13.8 Å².